The van der Waals surface area contributed by atoms with Crippen LogP contribution in [0.15, 0.2) is 0 Å². The summed E-state index contributed by atoms with van der Waals surface area (Å²) in [6.45, 7) is 12.5. The van der Waals surface area contributed by atoms with Crippen LogP contribution in [0.5, 0.6) is 0 Å². The summed E-state index contributed by atoms with van der Waals surface area (Å²) in [5.74, 6) is 0. The van der Waals surface area contributed by atoms with E-state index in [9.17, 15) is 0 Å². The molecule has 0 unspecified atom stereocenters. The van der Waals surface area contributed by atoms with Crippen molar-refractivity contribution >= 4 is 8.80 Å². The Morgan fingerprint density at radius 2 is 1.05 bits per heavy atom. The Balaban J connectivity index is 2.92. The van der Waals surface area contributed by atoms with E-state index in [1.807, 2.05) is 0 Å². The molecule has 114 valence electrons. The van der Waals surface area contributed by atoms with Crippen molar-refractivity contribution in [2.24, 2.45) is 0 Å². The van der Waals surface area contributed by atoms with Gasteiger partial charge < -0.3 is 13.3 Å². The van der Waals surface area contributed by atoms with Crippen LogP contribution in [0.25, 0.3) is 0 Å². The smallest absolute Gasteiger partial charge is 0.371 e. The average molecular weight is 289 g/mol. The van der Waals surface area contributed by atoms with Crippen molar-refractivity contribution in [3.63, 3.8) is 0 Å². The van der Waals surface area contributed by atoms with Crippen molar-refractivity contribution in [1.82, 2.24) is 0 Å². The van der Waals surface area contributed by atoms with Crippen LogP contribution < -0.4 is 0 Å². The van der Waals surface area contributed by atoms with E-state index in [0.29, 0.717) is 5.54 Å². The van der Waals surface area contributed by atoms with Gasteiger partial charge in [-0.05, 0) is 54.4 Å². The Morgan fingerprint density at radius 3 is 1.37 bits per heavy atom. The van der Waals surface area contributed by atoms with Gasteiger partial charge in [-0.3, -0.25) is 0 Å². The summed E-state index contributed by atoms with van der Waals surface area (Å²) < 4.78 is 18.9. The summed E-state index contributed by atoms with van der Waals surface area (Å²) >= 11 is 0. The first-order chi connectivity index (χ1) is 8.85. The first-order valence-corrected chi connectivity index (χ1v) is 9.69. The SMILES string of the molecule is CC(C)O[Si](OC(C)C)(OC(C)C)C1CCCCC1. The molecule has 0 aromatic rings. The molecule has 0 aromatic carbocycles. The van der Waals surface area contributed by atoms with E-state index in [2.05, 4.69) is 41.5 Å². The quantitative estimate of drug-likeness (QED) is 0.644. The van der Waals surface area contributed by atoms with E-state index in [-0.39, 0.29) is 18.3 Å². The molecule has 0 aliphatic heterocycles. The number of rotatable bonds is 7. The van der Waals surface area contributed by atoms with E-state index in [1.165, 1.54) is 32.1 Å². The van der Waals surface area contributed by atoms with E-state index in [0.717, 1.165) is 0 Å². The minimum absolute atomic E-state index is 0.158. The standard InChI is InChI=1S/C15H32O3Si/c1-12(2)16-19(17-13(3)4,18-14(5)6)15-10-8-7-9-11-15/h12-15H,7-11H2,1-6H3. The fraction of sp³-hybridized carbons (Fsp3) is 1.00. The molecule has 0 heterocycles. The van der Waals surface area contributed by atoms with Crippen LogP contribution in [0.1, 0.15) is 73.6 Å². The fourth-order valence-electron chi connectivity index (χ4n) is 2.81. The summed E-state index contributed by atoms with van der Waals surface area (Å²) in [6.07, 6.45) is 6.76. The highest BCUT2D eigenvalue weighted by atomic mass is 28.4. The summed E-state index contributed by atoms with van der Waals surface area (Å²) in [4.78, 5) is 0. The fourth-order valence-corrected chi connectivity index (χ4v) is 6.64. The lowest BCUT2D eigenvalue weighted by molar-refractivity contribution is -0.00808. The normalized spacial score (nSPS) is 18.8. The van der Waals surface area contributed by atoms with Gasteiger partial charge in [-0.15, -0.1) is 0 Å². The number of hydrogen-bond donors (Lipinski definition) is 0. The Kier molecular flexibility index (Phi) is 7.01. The molecule has 0 spiro atoms. The molecule has 3 nitrogen and oxygen atoms in total. The van der Waals surface area contributed by atoms with Crippen molar-refractivity contribution in [2.75, 3.05) is 0 Å². The van der Waals surface area contributed by atoms with Crippen LogP contribution in [0.2, 0.25) is 5.54 Å². The zero-order chi connectivity index (χ0) is 14.5. The number of hydrogen-bond acceptors (Lipinski definition) is 3. The van der Waals surface area contributed by atoms with Crippen LogP contribution in [-0.4, -0.2) is 27.1 Å². The van der Waals surface area contributed by atoms with Gasteiger partial charge in [-0.1, -0.05) is 19.3 Å². The molecular weight excluding hydrogens is 256 g/mol. The minimum atomic E-state index is -2.58. The lowest BCUT2D eigenvalue weighted by Crippen LogP contribution is -2.54. The lowest BCUT2D eigenvalue weighted by atomic mass is 10.0. The molecule has 0 radical (unpaired) electrons. The summed E-state index contributed by atoms with van der Waals surface area (Å²) in [7, 11) is -2.58. The molecule has 0 bridgehead atoms. The summed E-state index contributed by atoms with van der Waals surface area (Å²) in [6, 6.07) is 0. The maximum atomic E-state index is 6.29. The molecule has 0 aromatic heterocycles. The van der Waals surface area contributed by atoms with Crippen molar-refractivity contribution in [2.45, 2.75) is 97.5 Å². The van der Waals surface area contributed by atoms with Crippen molar-refractivity contribution in [3.05, 3.63) is 0 Å². The monoisotopic (exact) mass is 288 g/mol. The zero-order valence-electron chi connectivity index (χ0n) is 13.6. The van der Waals surface area contributed by atoms with Gasteiger partial charge in [-0.25, -0.2) is 0 Å². The molecule has 0 atom stereocenters. The Hall–Kier alpha value is 0.0969. The van der Waals surface area contributed by atoms with E-state index < -0.39 is 8.80 Å². The second-order valence-electron chi connectivity index (χ2n) is 6.44. The molecule has 1 aliphatic rings. The molecule has 0 amide bonds. The first-order valence-electron chi connectivity index (χ1n) is 7.89. The van der Waals surface area contributed by atoms with Crippen molar-refractivity contribution in [3.8, 4) is 0 Å². The van der Waals surface area contributed by atoms with E-state index >= 15 is 0 Å². The topological polar surface area (TPSA) is 27.7 Å². The van der Waals surface area contributed by atoms with Crippen LogP contribution >= 0.6 is 0 Å². The Bertz CT molecular complexity index is 221. The summed E-state index contributed by atoms with van der Waals surface area (Å²) in [5, 5.41) is 0. The van der Waals surface area contributed by atoms with Gasteiger partial charge in [0.2, 0.25) is 0 Å². The molecule has 0 saturated heterocycles. The largest absolute Gasteiger partial charge is 0.504 e. The molecule has 1 aliphatic carbocycles. The van der Waals surface area contributed by atoms with Gasteiger partial charge in [0.25, 0.3) is 0 Å². The zero-order valence-corrected chi connectivity index (χ0v) is 14.6. The van der Waals surface area contributed by atoms with Gasteiger partial charge in [-0.2, -0.15) is 0 Å². The molecule has 0 N–H and O–H groups in total. The molecule has 19 heavy (non-hydrogen) atoms. The molecule has 1 saturated carbocycles. The lowest BCUT2D eigenvalue weighted by Gasteiger charge is -2.41. The third kappa shape index (κ3) is 5.54. The maximum Gasteiger partial charge on any atom is 0.504 e. The third-order valence-electron chi connectivity index (χ3n) is 3.31. The highest BCUT2D eigenvalue weighted by molar-refractivity contribution is 6.62. The van der Waals surface area contributed by atoms with E-state index in [1.54, 1.807) is 0 Å². The second-order valence-corrected chi connectivity index (χ2v) is 9.17. The second kappa shape index (κ2) is 7.77. The molecule has 4 heteroatoms. The van der Waals surface area contributed by atoms with Gasteiger partial charge in [0.05, 0.1) is 0 Å². The predicted molar refractivity (Wildman–Crippen MR) is 81.3 cm³/mol. The highest BCUT2D eigenvalue weighted by Crippen LogP contribution is 2.40. The summed E-state index contributed by atoms with van der Waals surface area (Å²) in [5.41, 5.74) is 0.480. The first kappa shape index (κ1) is 17.1. The van der Waals surface area contributed by atoms with E-state index in [4.69, 9.17) is 13.3 Å². The molecule has 1 fully saturated rings. The molecular formula is C15H32O3Si. The van der Waals surface area contributed by atoms with Gasteiger partial charge in [0, 0.05) is 23.9 Å². The van der Waals surface area contributed by atoms with Gasteiger partial charge >= 0.3 is 8.80 Å². The van der Waals surface area contributed by atoms with Crippen molar-refractivity contribution in [1.29, 1.82) is 0 Å². The maximum absolute atomic E-state index is 6.29. The molecule has 1 rings (SSSR count). The Morgan fingerprint density at radius 1 is 0.684 bits per heavy atom. The predicted octanol–water partition coefficient (Wildman–Crippen LogP) is 4.53. The van der Waals surface area contributed by atoms with Gasteiger partial charge in [0.1, 0.15) is 0 Å². The van der Waals surface area contributed by atoms with Crippen LogP contribution in [0.4, 0.5) is 0 Å². The minimum Gasteiger partial charge on any atom is -0.371 e. The van der Waals surface area contributed by atoms with Gasteiger partial charge in [0.15, 0.2) is 0 Å². The third-order valence-corrected chi connectivity index (χ3v) is 7.28. The van der Waals surface area contributed by atoms with Crippen LogP contribution in [0, 0.1) is 0 Å². The van der Waals surface area contributed by atoms with Crippen LogP contribution in [0.3, 0.4) is 0 Å². The van der Waals surface area contributed by atoms with Crippen molar-refractivity contribution < 1.29 is 13.3 Å². The van der Waals surface area contributed by atoms with Crippen LogP contribution in [-0.2, 0) is 13.3 Å². The Labute approximate surface area is 120 Å². The average Bonchev–Trinajstić information content (AvgIpc) is 2.27. The highest BCUT2D eigenvalue weighted by Gasteiger charge is 2.51.